The van der Waals surface area contributed by atoms with Gasteiger partial charge >= 0.3 is 6.55 Å². The maximum absolute atomic E-state index is 12.7. The Hall–Kier alpha value is -2.15. The second-order valence-electron chi connectivity index (χ2n) is 4.43. The highest BCUT2D eigenvalue weighted by atomic mass is 35.5. The molecule has 2 rings (SSSR count). The first-order chi connectivity index (χ1) is 10.6. The van der Waals surface area contributed by atoms with E-state index in [9.17, 15) is 8.78 Å². The number of guanidine groups is 1. The van der Waals surface area contributed by atoms with E-state index in [0.717, 1.165) is 10.1 Å². The van der Waals surface area contributed by atoms with E-state index in [-0.39, 0.29) is 12.4 Å². The average Bonchev–Trinajstić information content (AvgIpc) is 2.98. The highest BCUT2D eigenvalue weighted by molar-refractivity contribution is 6.30. The zero-order chi connectivity index (χ0) is 15.9. The number of alkyl halides is 2. The van der Waals surface area contributed by atoms with Gasteiger partial charge in [-0.2, -0.15) is 8.78 Å². The molecule has 0 saturated heterocycles. The Balaban J connectivity index is 1.87. The molecule has 1 heterocycles. The van der Waals surface area contributed by atoms with Crippen LogP contribution in [-0.2, 0) is 13.1 Å². The van der Waals surface area contributed by atoms with Crippen LogP contribution in [0.1, 0.15) is 17.9 Å². The molecule has 0 fully saturated rings. The number of rotatable bonds is 5. The highest BCUT2D eigenvalue weighted by Gasteiger charge is 2.11. The lowest BCUT2D eigenvalue weighted by molar-refractivity contribution is 0.0668. The molecule has 0 aliphatic rings. The summed E-state index contributed by atoms with van der Waals surface area (Å²) in [6.45, 7) is -1.92. The Kier molecular flexibility index (Phi) is 5.71. The third-order valence-corrected chi connectivity index (χ3v) is 3.22. The van der Waals surface area contributed by atoms with Gasteiger partial charge in [0.25, 0.3) is 0 Å². The molecule has 0 atom stereocenters. The van der Waals surface area contributed by atoms with Crippen molar-refractivity contribution in [1.29, 1.82) is 0 Å². The summed E-state index contributed by atoms with van der Waals surface area (Å²) >= 11 is 5.82. The van der Waals surface area contributed by atoms with Gasteiger partial charge in [-0.1, -0.05) is 23.7 Å². The molecule has 1 aromatic heterocycles. The lowest BCUT2D eigenvalue weighted by Gasteiger charge is -2.12. The van der Waals surface area contributed by atoms with Crippen molar-refractivity contribution < 1.29 is 8.78 Å². The maximum atomic E-state index is 12.7. The van der Waals surface area contributed by atoms with Crippen molar-refractivity contribution in [2.24, 2.45) is 4.99 Å². The number of benzene rings is 1. The zero-order valence-corrected chi connectivity index (χ0v) is 12.7. The molecule has 5 nitrogen and oxygen atoms in total. The first-order valence-corrected chi connectivity index (χ1v) is 6.96. The molecule has 0 spiro atoms. The number of nitrogens with one attached hydrogen (secondary N) is 2. The van der Waals surface area contributed by atoms with Gasteiger partial charge in [0.15, 0.2) is 5.96 Å². The Labute approximate surface area is 132 Å². The van der Waals surface area contributed by atoms with Gasteiger partial charge in [-0.05, 0) is 17.7 Å². The van der Waals surface area contributed by atoms with E-state index in [1.807, 2.05) is 12.1 Å². The fraction of sp³-hybridized carbons (Fsp3) is 0.286. The van der Waals surface area contributed by atoms with Crippen LogP contribution in [0.2, 0.25) is 5.02 Å². The van der Waals surface area contributed by atoms with E-state index in [2.05, 4.69) is 20.6 Å². The van der Waals surface area contributed by atoms with Crippen LogP contribution in [-0.4, -0.2) is 22.6 Å². The zero-order valence-electron chi connectivity index (χ0n) is 11.9. The third kappa shape index (κ3) is 4.42. The van der Waals surface area contributed by atoms with Gasteiger partial charge in [-0.3, -0.25) is 9.56 Å². The molecular formula is C14H16ClF2N5. The number of aliphatic imine (C=N–C) groups is 1. The quantitative estimate of drug-likeness (QED) is 0.656. The van der Waals surface area contributed by atoms with E-state index in [1.54, 1.807) is 19.2 Å². The minimum atomic E-state index is -2.61. The molecule has 0 radical (unpaired) electrons. The molecule has 8 heteroatoms. The molecule has 0 aliphatic heterocycles. The lowest BCUT2D eigenvalue weighted by atomic mass is 10.2. The molecule has 0 saturated carbocycles. The SMILES string of the molecule is CN=C(NCc1ccc(Cl)cc1)NCc1nccn1C(F)F. The predicted molar refractivity (Wildman–Crippen MR) is 82.0 cm³/mol. The first kappa shape index (κ1) is 16.2. The van der Waals surface area contributed by atoms with E-state index >= 15 is 0 Å². The summed E-state index contributed by atoms with van der Waals surface area (Å²) in [6, 6.07) is 7.39. The second kappa shape index (κ2) is 7.74. The van der Waals surface area contributed by atoms with Crippen LogP contribution in [0.15, 0.2) is 41.7 Å². The van der Waals surface area contributed by atoms with Crippen LogP contribution >= 0.6 is 11.6 Å². The van der Waals surface area contributed by atoms with Crippen molar-refractivity contribution in [3.05, 3.63) is 53.1 Å². The van der Waals surface area contributed by atoms with Crippen LogP contribution in [0.4, 0.5) is 8.78 Å². The highest BCUT2D eigenvalue weighted by Crippen LogP contribution is 2.12. The normalized spacial score (nSPS) is 11.8. The molecule has 118 valence electrons. The minimum absolute atomic E-state index is 0.150. The van der Waals surface area contributed by atoms with Crippen molar-refractivity contribution >= 4 is 17.6 Å². The fourth-order valence-electron chi connectivity index (χ4n) is 1.83. The van der Waals surface area contributed by atoms with Gasteiger partial charge < -0.3 is 10.6 Å². The lowest BCUT2D eigenvalue weighted by Crippen LogP contribution is -2.37. The smallest absolute Gasteiger partial charge is 0.319 e. The van der Waals surface area contributed by atoms with Crippen LogP contribution in [0, 0.1) is 0 Å². The molecule has 2 N–H and O–H groups in total. The molecule has 1 aromatic carbocycles. The average molecular weight is 328 g/mol. The predicted octanol–water partition coefficient (Wildman–Crippen LogP) is 2.80. The fourth-order valence-corrected chi connectivity index (χ4v) is 1.96. The van der Waals surface area contributed by atoms with Crippen LogP contribution < -0.4 is 10.6 Å². The topological polar surface area (TPSA) is 54.2 Å². The molecule has 22 heavy (non-hydrogen) atoms. The van der Waals surface area contributed by atoms with Crippen LogP contribution in [0.25, 0.3) is 0 Å². The van der Waals surface area contributed by atoms with E-state index < -0.39 is 6.55 Å². The minimum Gasteiger partial charge on any atom is -0.352 e. The monoisotopic (exact) mass is 327 g/mol. The molecule has 0 bridgehead atoms. The number of nitrogens with zero attached hydrogens (tertiary/aromatic N) is 3. The molecule has 0 amide bonds. The van der Waals surface area contributed by atoms with E-state index in [1.165, 1.54) is 12.4 Å². The van der Waals surface area contributed by atoms with Gasteiger partial charge in [0, 0.05) is 31.0 Å². The van der Waals surface area contributed by atoms with Crippen molar-refractivity contribution in [2.45, 2.75) is 19.6 Å². The summed E-state index contributed by atoms with van der Waals surface area (Å²) in [5.74, 6) is 0.739. The summed E-state index contributed by atoms with van der Waals surface area (Å²) in [5, 5.41) is 6.70. The summed E-state index contributed by atoms with van der Waals surface area (Å²) in [4.78, 5) is 7.93. The standard InChI is InChI=1S/C14H16ClF2N5/c1-18-14(20-8-10-2-4-11(15)5-3-10)21-9-12-19-6-7-22(12)13(16)17/h2-7,13H,8-9H2,1H3,(H2,18,20,21). The number of aromatic nitrogens is 2. The summed E-state index contributed by atoms with van der Waals surface area (Å²) < 4.78 is 26.2. The van der Waals surface area contributed by atoms with Crippen molar-refractivity contribution in [3.8, 4) is 0 Å². The number of hydrogen-bond acceptors (Lipinski definition) is 2. The largest absolute Gasteiger partial charge is 0.352 e. The molecule has 0 aliphatic carbocycles. The van der Waals surface area contributed by atoms with Gasteiger partial charge in [0.05, 0.1) is 6.54 Å². The van der Waals surface area contributed by atoms with Crippen molar-refractivity contribution in [3.63, 3.8) is 0 Å². The van der Waals surface area contributed by atoms with Gasteiger partial charge in [-0.15, -0.1) is 0 Å². The number of halogens is 3. The Morgan fingerprint density at radius 3 is 2.59 bits per heavy atom. The molecule has 0 unspecified atom stereocenters. The molecular weight excluding hydrogens is 312 g/mol. The van der Waals surface area contributed by atoms with Gasteiger partial charge in [0.1, 0.15) is 5.82 Å². The van der Waals surface area contributed by atoms with Crippen molar-refractivity contribution in [2.75, 3.05) is 7.05 Å². The van der Waals surface area contributed by atoms with Crippen LogP contribution in [0.3, 0.4) is 0 Å². The third-order valence-electron chi connectivity index (χ3n) is 2.97. The summed E-state index contributed by atoms with van der Waals surface area (Å²) in [5.41, 5.74) is 1.03. The Morgan fingerprint density at radius 1 is 1.27 bits per heavy atom. The summed E-state index contributed by atoms with van der Waals surface area (Å²) in [7, 11) is 1.61. The second-order valence-corrected chi connectivity index (χ2v) is 4.87. The van der Waals surface area contributed by atoms with E-state index in [0.29, 0.717) is 17.5 Å². The van der Waals surface area contributed by atoms with E-state index in [4.69, 9.17) is 11.6 Å². The van der Waals surface area contributed by atoms with Gasteiger partial charge in [-0.25, -0.2) is 4.98 Å². The van der Waals surface area contributed by atoms with Crippen LogP contribution in [0.5, 0.6) is 0 Å². The summed E-state index contributed by atoms with van der Waals surface area (Å²) in [6.07, 6.45) is 2.58. The maximum Gasteiger partial charge on any atom is 0.319 e. The Morgan fingerprint density at radius 2 is 1.95 bits per heavy atom. The number of imidazole rings is 1. The van der Waals surface area contributed by atoms with Gasteiger partial charge in [0.2, 0.25) is 0 Å². The first-order valence-electron chi connectivity index (χ1n) is 6.59. The number of hydrogen-bond donors (Lipinski definition) is 2. The Bertz CT molecular complexity index is 624. The van der Waals surface area contributed by atoms with Crippen molar-refractivity contribution in [1.82, 2.24) is 20.2 Å². The molecule has 2 aromatic rings.